The third-order valence-electron chi connectivity index (χ3n) is 5.31. The molecule has 1 aliphatic carbocycles. The molecule has 2 heteroatoms. The van der Waals surface area contributed by atoms with Gasteiger partial charge in [0.2, 0.25) is 0 Å². The average molecular weight is 300 g/mol. The van der Waals surface area contributed by atoms with Gasteiger partial charge < -0.3 is 0 Å². The van der Waals surface area contributed by atoms with Crippen molar-refractivity contribution in [3.8, 4) is 11.3 Å². The molecule has 1 unspecified atom stereocenters. The van der Waals surface area contributed by atoms with E-state index in [2.05, 4.69) is 59.5 Å². The smallest absolute Gasteiger partial charge is 0.0764 e. The lowest BCUT2D eigenvalue weighted by Crippen LogP contribution is -2.33. The van der Waals surface area contributed by atoms with Crippen LogP contribution in [0.1, 0.15) is 36.4 Å². The molecule has 0 N–H and O–H groups in total. The predicted octanol–water partition coefficient (Wildman–Crippen LogP) is 4.79. The van der Waals surface area contributed by atoms with Crippen molar-refractivity contribution in [1.29, 1.82) is 0 Å². The minimum atomic E-state index is 0.388. The molecule has 1 fully saturated rings. The molecule has 2 aliphatic rings. The van der Waals surface area contributed by atoms with Crippen molar-refractivity contribution in [1.82, 2.24) is 9.88 Å². The van der Waals surface area contributed by atoms with Gasteiger partial charge in [0.1, 0.15) is 0 Å². The first kappa shape index (κ1) is 13.3. The number of rotatable bonds is 1. The minimum absolute atomic E-state index is 0.388. The number of para-hydroxylation sites is 1. The summed E-state index contributed by atoms with van der Waals surface area (Å²) in [6, 6.07) is 20.1. The van der Waals surface area contributed by atoms with Crippen LogP contribution in [-0.2, 0) is 0 Å². The summed E-state index contributed by atoms with van der Waals surface area (Å²) in [5.74, 6) is 0. The van der Waals surface area contributed by atoms with Gasteiger partial charge in [-0.15, -0.1) is 0 Å². The molecule has 2 nitrogen and oxygen atoms in total. The van der Waals surface area contributed by atoms with E-state index in [1.807, 2.05) is 0 Å². The zero-order valence-corrected chi connectivity index (χ0v) is 13.2. The van der Waals surface area contributed by atoms with Gasteiger partial charge in [-0.25, -0.2) is 4.98 Å². The Labute approximate surface area is 136 Å². The van der Waals surface area contributed by atoms with Crippen LogP contribution < -0.4 is 0 Å². The van der Waals surface area contributed by atoms with Crippen molar-refractivity contribution in [3.05, 3.63) is 65.7 Å². The first-order valence-electron chi connectivity index (χ1n) is 8.65. The summed E-state index contributed by atoms with van der Waals surface area (Å²) in [4.78, 5) is 7.67. The fourth-order valence-electron chi connectivity index (χ4n) is 4.25. The van der Waals surface area contributed by atoms with Gasteiger partial charge in [0, 0.05) is 16.5 Å². The molecule has 2 heterocycles. The van der Waals surface area contributed by atoms with Crippen LogP contribution in [0.4, 0.5) is 0 Å². The average Bonchev–Trinajstić information content (AvgIpc) is 2.94. The molecule has 5 rings (SSSR count). The third kappa shape index (κ3) is 2.02. The number of hydrogen-bond acceptors (Lipinski definition) is 2. The number of benzene rings is 2. The Bertz CT molecular complexity index is 878. The fraction of sp³-hybridized carbons (Fsp3) is 0.286. The maximum Gasteiger partial charge on any atom is 0.0764 e. The third-order valence-corrected chi connectivity index (χ3v) is 5.31. The van der Waals surface area contributed by atoms with E-state index in [4.69, 9.17) is 4.98 Å². The van der Waals surface area contributed by atoms with Crippen LogP contribution in [0.25, 0.3) is 22.2 Å². The van der Waals surface area contributed by atoms with Gasteiger partial charge >= 0.3 is 0 Å². The van der Waals surface area contributed by atoms with E-state index in [1.54, 1.807) is 0 Å². The van der Waals surface area contributed by atoms with Crippen molar-refractivity contribution in [2.45, 2.75) is 25.3 Å². The fourth-order valence-corrected chi connectivity index (χ4v) is 4.25. The highest BCUT2D eigenvalue weighted by molar-refractivity contribution is 5.87. The van der Waals surface area contributed by atoms with Gasteiger partial charge in [0.25, 0.3) is 0 Å². The first-order valence-corrected chi connectivity index (χ1v) is 8.65. The Kier molecular flexibility index (Phi) is 2.98. The Morgan fingerprint density at radius 3 is 2.52 bits per heavy atom. The lowest BCUT2D eigenvalue weighted by atomic mass is 10.00. The SMILES string of the molecule is c1ccc2c(c1)-c1nc3ccccc3cc1C2N1CCCCC1. The molecule has 0 spiro atoms. The normalized spacial score (nSPS) is 20.4. The summed E-state index contributed by atoms with van der Waals surface area (Å²) in [7, 11) is 0. The second-order valence-electron chi connectivity index (χ2n) is 6.71. The number of aromatic nitrogens is 1. The second-order valence-corrected chi connectivity index (χ2v) is 6.71. The molecule has 1 atom stereocenters. The van der Waals surface area contributed by atoms with E-state index in [-0.39, 0.29) is 0 Å². The molecule has 1 saturated heterocycles. The molecule has 23 heavy (non-hydrogen) atoms. The van der Waals surface area contributed by atoms with Crippen LogP contribution in [0.2, 0.25) is 0 Å². The largest absolute Gasteiger partial charge is 0.292 e. The van der Waals surface area contributed by atoms with Crippen molar-refractivity contribution in [2.24, 2.45) is 0 Å². The molecule has 3 aromatic rings. The predicted molar refractivity (Wildman–Crippen MR) is 94.4 cm³/mol. The second kappa shape index (κ2) is 5.17. The summed E-state index contributed by atoms with van der Waals surface area (Å²) in [5, 5.41) is 1.25. The number of fused-ring (bicyclic) bond motifs is 4. The van der Waals surface area contributed by atoms with Crippen LogP contribution in [0.15, 0.2) is 54.6 Å². The summed E-state index contributed by atoms with van der Waals surface area (Å²) >= 11 is 0. The maximum atomic E-state index is 5.02. The van der Waals surface area contributed by atoms with E-state index in [1.165, 1.54) is 60.1 Å². The van der Waals surface area contributed by atoms with Crippen molar-refractivity contribution in [3.63, 3.8) is 0 Å². The molecular weight excluding hydrogens is 280 g/mol. The zero-order chi connectivity index (χ0) is 15.2. The molecule has 2 aromatic carbocycles. The summed E-state index contributed by atoms with van der Waals surface area (Å²) in [6.45, 7) is 2.40. The van der Waals surface area contributed by atoms with Gasteiger partial charge in [-0.2, -0.15) is 0 Å². The standard InChI is InChI=1S/C21H20N2/c1-6-12-23(13-7-1)21-17-10-4-3-9-16(17)20-18(21)14-15-8-2-5-11-19(15)22-20/h2-5,8-11,14,21H,1,6-7,12-13H2. The monoisotopic (exact) mass is 300 g/mol. The molecule has 1 aliphatic heterocycles. The van der Waals surface area contributed by atoms with Crippen LogP contribution in [0.5, 0.6) is 0 Å². The molecule has 1 aromatic heterocycles. The number of pyridine rings is 1. The number of likely N-dealkylation sites (tertiary alicyclic amines) is 1. The number of piperidine rings is 1. The van der Waals surface area contributed by atoms with E-state index in [9.17, 15) is 0 Å². The van der Waals surface area contributed by atoms with Crippen molar-refractivity contribution < 1.29 is 0 Å². The van der Waals surface area contributed by atoms with Crippen LogP contribution >= 0.6 is 0 Å². The van der Waals surface area contributed by atoms with Gasteiger partial charge in [-0.05, 0) is 43.6 Å². The highest BCUT2D eigenvalue weighted by atomic mass is 15.2. The van der Waals surface area contributed by atoms with Crippen molar-refractivity contribution in [2.75, 3.05) is 13.1 Å². The minimum Gasteiger partial charge on any atom is -0.292 e. The van der Waals surface area contributed by atoms with E-state index < -0.39 is 0 Å². The number of nitrogens with zero attached hydrogens (tertiary/aromatic N) is 2. The van der Waals surface area contributed by atoms with Gasteiger partial charge in [-0.1, -0.05) is 48.9 Å². The molecule has 0 amide bonds. The Morgan fingerprint density at radius 1 is 0.826 bits per heavy atom. The van der Waals surface area contributed by atoms with Crippen LogP contribution in [-0.4, -0.2) is 23.0 Å². The summed E-state index contributed by atoms with van der Waals surface area (Å²) in [5.41, 5.74) is 6.44. The van der Waals surface area contributed by atoms with Gasteiger partial charge in [0.15, 0.2) is 0 Å². The molecule has 0 radical (unpaired) electrons. The highest BCUT2D eigenvalue weighted by Gasteiger charge is 2.34. The zero-order valence-electron chi connectivity index (χ0n) is 13.2. The lowest BCUT2D eigenvalue weighted by Gasteiger charge is -2.33. The first-order chi connectivity index (χ1) is 11.4. The van der Waals surface area contributed by atoms with E-state index in [0.717, 1.165) is 5.52 Å². The quantitative estimate of drug-likeness (QED) is 0.642. The number of hydrogen-bond donors (Lipinski definition) is 0. The van der Waals surface area contributed by atoms with Gasteiger partial charge in [-0.3, -0.25) is 4.90 Å². The van der Waals surface area contributed by atoms with Crippen LogP contribution in [0, 0.1) is 0 Å². The van der Waals surface area contributed by atoms with Crippen LogP contribution in [0.3, 0.4) is 0 Å². The highest BCUT2D eigenvalue weighted by Crippen LogP contribution is 2.46. The molecule has 0 bridgehead atoms. The molecule has 114 valence electrons. The maximum absolute atomic E-state index is 5.02. The molecule has 0 saturated carbocycles. The van der Waals surface area contributed by atoms with E-state index >= 15 is 0 Å². The van der Waals surface area contributed by atoms with Crippen molar-refractivity contribution >= 4 is 10.9 Å². The Hall–Kier alpha value is -2.19. The summed E-state index contributed by atoms with van der Waals surface area (Å²) < 4.78 is 0. The van der Waals surface area contributed by atoms with E-state index in [0.29, 0.717) is 6.04 Å². The Balaban J connectivity index is 1.75. The lowest BCUT2D eigenvalue weighted by molar-refractivity contribution is 0.190. The Morgan fingerprint density at radius 2 is 1.61 bits per heavy atom. The van der Waals surface area contributed by atoms with Gasteiger partial charge in [0.05, 0.1) is 17.3 Å². The summed E-state index contributed by atoms with van der Waals surface area (Å²) in [6.07, 6.45) is 4.00. The topological polar surface area (TPSA) is 16.1 Å². The molecular formula is C21H20N2.